The largest absolute Gasteiger partial charge is 0.380 e. The van der Waals surface area contributed by atoms with E-state index in [0.29, 0.717) is 0 Å². The van der Waals surface area contributed by atoms with E-state index in [1.807, 2.05) is 6.92 Å². The highest BCUT2D eigenvalue weighted by Crippen LogP contribution is 2.26. The minimum atomic E-state index is 0.0855. The third-order valence-electron chi connectivity index (χ3n) is 2.20. The second-order valence-corrected chi connectivity index (χ2v) is 4.00. The number of hydrogen-bond donors (Lipinski definition) is 2. The molecule has 74 valence electrons. The van der Waals surface area contributed by atoms with E-state index in [1.54, 1.807) is 18.4 Å². The number of hydrogen-bond acceptors (Lipinski definition) is 4. The van der Waals surface area contributed by atoms with Crippen LogP contribution in [0, 0.1) is 6.92 Å². The van der Waals surface area contributed by atoms with Crippen LogP contribution in [-0.2, 0) is 4.74 Å². The predicted molar refractivity (Wildman–Crippen MR) is 55.6 cm³/mol. The predicted octanol–water partition coefficient (Wildman–Crippen LogP) is 1.60. The smallest absolute Gasteiger partial charge is 0.0814 e. The lowest BCUT2D eigenvalue weighted by molar-refractivity contribution is 0.0840. The van der Waals surface area contributed by atoms with Gasteiger partial charge in [0.25, 0.3) is 0 Å². The van der Waals surface area contributed by atoms with Crippen molar-refractivity contribution in [3.63, 3.8) is 0 Å². The lowest BCUT2D eigenvalue weighted by Crippen LogP contribution is -2.35. The Bertz CT molecular complexity index is 262. The minimum Gasteiger partial charge on any atom is -0.380 e. The van der Waals surface area contributed by atoms with Crippen LogP contribution in [0.5, 0.6) is 0 Å². The Kier molecular flexibility index (Phi) is 3.87. The zero-order chi connectivity index (χ0) is 9.84. The molecule has 0 amide bonds. The van der Waals surface area contributed by atoms with Gasteiger partial charge in [0.05, 0.1) is 12.1 Å². The van der Waals surface area contributed by atoms with E-state index in [2.05, 4.69) is 23.8 Å². The molecule has 0 spiro atoms. The van der Waals surface area contributed by atoms with Gasteiger partial charge in [-0.3, -0.25) is 5.84 Å². The van der Waals surface area contributed by atoms with Crippen molar-refractivity contribution < 1.29 is 4.74 Å². The van der Waals surface area contributed by atoms with Crippen molar-refractivity contribution in [2.45, 2.75) is 26.0 Å². The van der Waals surface area contributed by atoms with Crippen LogP contribution in [0.2, 0.25) is 0 Å². The van der Waals surface area contributed by atoms with Gasteiger partial charge in [0, 0.05) is 12.0 Å². The highest BCUT2D eigenvalue weighted by Gasteiger charge is 2.20. The molecule has 0 saturated heterocycles. The summed E-state index contributed by atoms with van der Waals surface area (Å²) in [5.41, 5.74) is 4.04. The molecule has 0 saturated carbocycles. The lowest BCUT2D eigenvalue weighted by atomic mass is 10.1. The number of nitrogens with one attached hydrogen (secondary N) is 1. The van der Waals surface area contributed by atoms with Gasteiger partial charge in [-0.1, -0.05) is 0 Å². The summed E-state index contributed by atoms with van der Waals surface area (Å²) in [6, 6.07) is 2.18. The number of rotatable bonds is 4. The molecule has 3 N–H and O–H groups in total. The van der Waals surface area contributed by atoms with Gasteiger partial charge >= 0.3 is 0 Å². The van der Waals surface area contributed by atoms with Crippen molar-refractivity contribution in [2.24, 2.45) is 5.84 Å². The Hall–Kier alpha value is -0.420. The van der Waals surface area contributed by atoms with Gasteiger partial charge in [-0.15, -0.1) is 11.3 Å². The molecule has 0 aliphatic carbocycles. The number of aryl methyl sites for hydroxylation is 1. The van der Waals surface area contributed by atoms with Gasteiger partial charge in [-0.25, -0.2) is 5.43 Å². The summed E-state index contributed by atoms with van der Waals surface area (Å²) in [7, 11) is 1.69. The molecule has 0 aliphatic rings. The number of nitrogens with two attached hydrogens (primary N) is 1. The van der Waals surface area contributed by atoms with Crippen molar-refractivity contribution >= 4 is 11.3 Å². The van der Waals surface area contributed by atoms with Crippen molar-refractivity contribution in [3.8, 4) is 0 Å². The van der Waals surface area contributed by atoms with Crippen molar-refractivity contribution in [1.82, 2.24) is 5.43 Å². The molecule has 0 radical (unpaired) electrons. The third kappa shape index (κ3) is 2.28. The Labute approximate surface area is 82.9 Å². The first kappa shape index (κ1) is 10.7. The maximum atomic E-state index is 5.49. The van der Waals surface area contributed by atoms with E-state index in [9.17, 15) is 0 Å². The molecule has 4 heteroatoms. The molecule has 1 aromatic heterocycles. The van der Waals surface area contributed by atoms with E-state index in [-0.39, 0.29) is 12.1 Å². The van der Waals surface area contributed by atoms with E-state index in [4.69, 9.17) is 10.6 Å². The van der Waals surface area contributed by atoms with Gasteiger partial charge in [-0.2, -0.15) is 0 Å². The van der Waals surface area contributed by atoms with Crippen LogP contribution >= 0.6 is 11.3 Å². The third-order valence-corrected chi connectivity index (χ3v) is 3.31. The zero-order valence-electron chi connectivity index (χ0n) is 8.20. The quantitative estimate of drug-likeness (QED) is 0.573. The summed E-state index contributed by atoms with van der Waals surface area (Å²) in [6.07, 6.45) is 0.0855. The second kappa shape index (κ2) is 4.72. The average Bonchev–Trinajstić information content (AvgIpc) is 2.53. The van der Waals surface area contributed by atoms with Gasteiger partial charge in [-0.05, 0) is 30.9 Å². The van der Waals surface area contributed by atoms with Gasteiger partial charge in [0.1, 0.15) is 0 Å². The molecule has 1 heterocycles. The van der Waals surface area contributed by atoms with Crippen molar-refractivity contribution in [2.75, 3.05) is 7.11 Å². The van der Waals surface area contributed by atoms with Crippen LogP contribution in [0.25, 0.3) is 0 Å². The van der Waals surface area contributed by atoms with Crippen LogP contribution in [0.15, 0.2) is 11.4 Å². The summed E-state index contributed by atoms with van der Waals surface area (Å²) < 4.78 is 5.25. The highest BCUT2D eigenvalue weighted by atomic mass is 32.1. The first-order valence-electron chi connectivity index (χ1n) is 4.23. The van der Waals surface area contributed by atoms with Gasteiger partial charge < -0.3 is 4.74 Å². The van der Waals surface area contributed by atoms with Gasteiger partial charge in [0.15, 0.2) is 0 Å². The molecule has 0 aliphatic heterocycles. The SMILES string of the molecule is COC(C)C(NN)c1sccc1C. The Morgan fingerprint density at radius 3 is 2.69 bits per heavy atom. The summed E-state index contributed by atoms with van der Waals surface area (Å²) in [6.45, 7) is 4.09. The molecule has 1 aromatic rings. The van der Waals surface area contributed by atoms with Crippen LogP contribution in [-0.4, -0.2) is 13.2 Å². The van der Waals surface area contributed by atoms with Crippen molar-refractivity contribution in [1.29, 1.82) is 0 Å². The first-order valence-corrected chi connectivity index (χ1v) is 5.11. The molecule has 1 rings (SSSR count). The summed E-state index contributed by atoms with van der Waals surface area (Å²) >= 11 is 1.70. The standard InChI is InChI=1S/C9H16N2OS/c1-6-4-5-13-9(6)8(11-10)7(2)12-3/h4-5,7-8,11H,10H2,1-3H3. The highest BCUT2D eigenvalue weighted by molar-refractivity contribution is 7.10. The van der Waals surface area contributed by atoms with Gasteiger partial charge in [0.2, 0.25) is 0 Å². The zero-order valence-corrected chi connectivity index (χ0v) is 9.02. The fraction of sp³-hybridized carbons (Fsp3) is 0.556. The van der Waals surface area contributed by atoms with E-state index in [1.165, 1.54) is 10.4 Å². The molecule has 2 unspecified atom stereocenters. The fourth-order valence-electron chi connectivity index (χ4n) is 1.26. The maximum Gasteiger partial charge on any atom is 0.0814 e. The summed E-state index contributed by atoms with van der Waals surface area (Å²) in [5.74, 6) is 5.49. The molecular formula is C9H16N2OS. The fourth-order valence-corrected chi connectivity index (χ4v) is 2.34. The van der Waals surface area contributed by atoms with Crippen LogP contribution < -0.4 is 11.3 Å². The van der Waals surface area contributed by atoms with E-state index >= 15 is 0 Å². The number of ether oxygens (including phenoxy) is 1. The van der Waals surface area contributed by atoms with Crippen molar-refractivity contribution in [3.05, 3.63) is 21.9 Å². The number of hydrazine groups is 1. The maximum absolute atomic E-state index is 5.49. The first-order chi connectivity index (χ1) is 6.20. The monoisotopic (exact) mass is 200 g/mol. The minimum absolute atomic E-state index is 0.0855. The van der Waals surface area contributed by atoms with Crippen LogP contribution in [0.3, 0.4) is 0 Å². The van der Waals surface area contributed by atoms with Crippen LogP contribution in [0.4, 0.5) is 0 Å². The normalized spacial score (nSPS) is 15.7. The van der Waals surface area contributed by atoms with Crippen LogP contribution in [0.1, 0.15) is 23.4 Å². The molecule has 0 fully saturated rings. The Balaban J connectivity index is 2.84. The molecule has 0 aromatic carbocycles. The molecule has 13 heavy (non-hydrogen) atoms. The van der Waals surface area contributed by atoms with E-state index < -0.39 is 0 Å². The number of thiophene rings is 1. The summed E-state index contributed by atoms with van der Waals surface area (Å²) in [4.78, 5) is 1.25. The van der Waals surface area contributed by atoms with E-state index in [0.717, 1.165) is 0 Å². The Morgan fingerprint density at radius 2 is 2.31 bits per heavy atom. The molecule has 2 atom stereocenters. The summed E-state index contributed by atoms with van der Waals surface area (Å²) in [5, 5.41) is 2.07. The lowest BCUT2D eigenvalue weighted by Gasteiger charge is -2.21. The second-order valence-electron chi connectivity index (χ2n) is 3.05. The Morgan fingerprint density at radius 1 is 1.62 bits per heavy atom. The molecular weight excluding hydrogens is 184 g/mol. The topological polar surface area (TPSA) is 47.3 Å². The number of methoxy groups -OCH3 is 1. The molecule has 0 bridgehead atoms. The molecule has 3 nitrogen and oxygen atoms in total. The average molecular weight is 200 g/mol.